The summed E-state index contributed by atoms with van der Waals surface area (Å²) in [5.74, 6) is -0.553. The van der Waals surface area contributed by atoms with Crippen LogP contribution in [0.5, 0.6) is 0 Å². The number of nitrogens with one attached hydrogen (secondary N) is 1. The molecule has 6 heteroatoms. The molecule has 1 heterocycles. The first kappa shape index (κ1) is 18.2. The van der Waals surface area contributed by atoms with Crippen molar-refractivity contribution in [2.24, 2.45) is 5.92 Å². The van der Waals surface area contributed by atoms with Crippen molar-refractivity contribution in [2.75, 3.05) is 7.11 Å². The zero-order valence-corrected chi connectivity index (χ0v) is 15.2. The van der Waals surface area contributed by atoms with Crippen molar-refractivity contribution in [3.63, 3.8) is 0 Å². The highest BCUT2D eigenvalue weighted by molar-refractivity contribution is 6.06. The van der Waals surface area contributed by atoms with Gasteiger partial charge < -0.3 is 14.6 Å². The molecule has 1 N–H and O–H groups in total. The van der Waals surface area contributed by atoms with E-state index < -0.39 is 12.0 Å². The van der Waals surface area contributed by atoms with Crippen LogP contribution in [0.2, 0.25) is 0 Å². The van der Waals surface area contributed by atoms with Gasteiger partial charge in [0.25, 0.3) is 0 Å². The minimum atomic E-state index is -0.572. The maximum absolute atomic E-state index is 13.0. The van der Waals surface area contributed by atoms with Crippen LogP contribution in [-0.2, 0) is 9.53 Å². The largest absolute Gasteiger partial charge is 0.464 e. The second-order valence-electron chi connectivity index (χ2n) is 6.77. The van der Waals surface area contributed by atoms with Gasteiger partial charge in [0.15, 0.2) is 5.78 Å². The molecule has 1 atom stereocenters. The molecular formula is C18H26N2O4. The van der Waals surface area contributed by atoms with Gasteiger partial charge in [0.1, 0.15) is 5.69 Å². The van der Waals surface area contributed by atoms with Gasteiger partial charge in [-0.3, -0.25) is 9.59 Å². The van der Waals surface area contributed by atoms with Crippen molar-refractivity contribution in [3.8, 4) is 0 Å². The molecule has 0 unspecified atom stereocenters. The molecule has 1 fully saturated rings. The second-order valence-corrected chi connectivity index (χ2v) is 6.77. The number of hydrogen-bond acceptors (Lipinski definition) is 4. The Hall–Kier alpha value is -2.11. The predicted molar refractivity (Wildman–Crippen MR) is 90.1 cm³/mol. The topological polar surface area (TPSA) is 79.5 Å². The smallest absolute Gasteiger partial charge is 0.354 e. The Kier molecular flexibility index (Phi) is 5.16. The van der Waals surface area contributed by atoms with Gasteiger partial charge in [0.05, 0.1) is 13.2 Å². The number of H-pyrrole nitrogens is 1. The summed E-state index contributed by atoms with van der Waals surface area (Å²) in [7, 11) is 1.30. The molecule has 24 heavy (non-hydrogen) atoms. The maximum Gasteiger partial charge on any atom is 0.354 e. The summed E-state index contributed by atoms with van der Waals surface area (Å²) < 4.78 is 4.74. The fraction of sp³-hybridized carbons (Fsp3) is 0.611. The molecule has 1 aliphatic rings. The Morgan fingerprint density at radius 1 is 1.17 bits per heavy atom. The van der Waals surface area contributed by atoms with E-state index in [1.807, 2.05) is 13.8 Å². The average molecular weight is 334 g/mol. The van der Waals surface area contributed by atoms with E-state index in [0.717, 1.165) is 12.8 Å². The Morgan fingerprint density at radius 3 is 2.21 bits per heavy atom. The molecule has 0 spiro atoms. The van der Waals surface area contributed by atoms with Gasteiger partial charge in [-0.05, 0) is 53.0 Å². The fourth-order valence-corrected chi connectivity index (χ4v) is 3.19. The molecule has 0 radical (unpaired) electrons. The Balaban J connectivity index is 2.34. The first-order valence-corrected chi connectivity index (χ1v) is 8.34. The van der Waals surface area contributed by atoms with Gasteiger partial charge in [0.2, 0.25) is 5.91 Å². The third-order valence-corrected chi connectivity index (χ3v) is 4.61. The number of carbonyl (C=O) groups excluding carboxylic acids is 3. The highest BCUT2D eigenvalue weighted by Crippen LogP contribution is 2.33. The lowest BCUT2D eigenvalue weighted by atomic mass is 9.98. The summed E-state index contributed by atoms with van der Waals surface area (Å²) in [6.07, 6.45) is 1.80. The van der Waals surface area contributed by atoms with E-state index in [9.17, 15) is 14.4 Å². The van der Waals surface area contributed by atoms with Crippen LogP contribution in [0.3, 0.4) is 0 Å². The van der Waals surface area contributed by atoms with E-state index >= 15 is 0 Å². The van der Waals surface area contributed by atoms with Crippen LogP contribution in [0.15, 0.2) is 0 Å². The molecule has 1 aliphatic carbocycles. The number of aromatic nitrogens is 1. The monoisotopic (exact) mass is 334 g/mol. The Morgan fingerprint density at radius 2 is 1.75 bits per heavy atom. The van der Waals surface area contributed by atoms with Gasteiger partial charge in [-0.25, -0.2) is 4.79 Å². The van der Waals surface area contributed by atoms with Crippen molar-refractivity contribution in [2.45, 2.75) is 59.5 Å². The van der Waals surface area contributed by atoms with Gasteiger partial charge in [-0.2, -0.15) is 0 Å². The van der Waals surface area contributed by atoms with Gasteiger partial charge >= 0.3 is 5.97 Å². The molecule has 0 aromatic carbocycles. The lowest BCUT2D eigenvalue weighted by Crippen LogP contribution is -2.48. The normalized spacial score (nSPS) is 15.3. The SMILES string of the molecule is COC(=O)c1[nH]c(C)c(C(=O)[C@H](C)N(C(=O)C2CC2)C(C)C)c1C. The summed E-state index contributed by atoms with van der Waals surface area (Å²) in [6.45, 7) is 9.06. The molecule has 1 aromatic rings. The standard InChI is InChI=1S/C18H26N2O4/c1-9(2)20(17(22)13-7-8-13)12(5)16(21)14-10(3)15(18(23)24-6)19-11(14)4/h9,12-13,19H,7-8H2,1-6H3/t12-/m0/s1. The number of methoxy groups -OCH3 is 1. The van der Waals surface area contributed by atoms with E-state index in [0.29, 0.717) is 16.8 Å². The van der Waals surface area contributed by atoms with E-state index in [-0.39, 0.29) is 29.3 Å². The van der Waals surface area contributed by atoms with Crippen molar-refractivity contribution >= 4 is 17.7 Å². The molecule has 2 rings (SSSR count). The quantitative estimate of drug-likeness (QED) is 0.641. The van der Waals surface area contributed by atoms with E-state index in [1.165, 1.54) is 7.11 Å². The first-order chi connectivity index (χ1) is 11.2. The average Bonchev–Trinajstić information content (AvgIpc) is 3.32. The summed E-state index contributed by atoms with van der Waals surface area (Å²) in [5.41, 5.74) is 1.94. The van der Waals surface area contributed by atoms with Gasteiger partial charge in [0, 0.05) is 23.2 Å². The zero-order chi connectivity index (χ0) is 18.2. The first-order valence-electron chi connectivity index (χ1n) is 8.34. The van der Waals surface area contributed by atoms with Gasteiger partial charge in [-0.1, -0.05) is 0 Å². The molecule has 1 aromatic heterocycles. The Labute approximate surface area is 142 Å². The molecule has 1 amide bonds. The second kappa shape index (κ2) is 6.79. The third-order valence-electron chi connectivity index (χ3n) is 4.61. The van der Waals surface area contributed by atoms with Crippen LogP contribution in [-0.4, -0.2) is 46.7 Å². The van der Waals surface area contributed by atoms with Crippen molar-refractivity contribution < 1.29 is 19.1 Å². The molecule has 6 nitrogen and oxygen atoms in total. The third kappa shape index (κ3) is 3.23. The fourth-order valence-electron chi connectivity index (χ4n) is 3.19. The zero-order valence-electron chi connectivity index (χ0n) is 15.2. The predicted octanol–water partition coefficient (Wildman–Crippen LogP) is 2.64. The molecule has 0 aliphatic heterocycles. The van der Waals surface area contributed by atoms with Crippen molar-refractivity contribution in [1.29, 1.82) is 0 Å². The van der Waals surface area contributed by atoms with E-state index in [1.54, 1.807) is 25.7 Å². The van der Waals surface area contributed by atoms with Crippen LogP contribution in [0.4, 0.5) is 0 Å². The minimum Gasteiger partial charge on any atom is -0.464 e. The number of aryl methyl sites for hydroxylation is 1. The van der Waals surface area contributed by atoms with Crippen LogP contribution >= 0.6 is 0 Å². The minimum absolute atomic E-state index is 0.0462. The summed E-state index contributed by atoms with van der Waals surface area (Å²) >= 11 is 0. The molecule has 132 valence electrons. The summed E-state index contributed by atoms with van der Waals surface area (Å²) in [6, 6.07) is -0.631. The number of rotatable bonds is 6. The van der Waals surface area contributed by atoms with E-state index in [2.05, 4.69) is 4.98 Å². The van der Waals surface area contributed by atoms with Crippen LogP contribution in [0.25, 0.3) is 0 Å². The Bertz CT molecular complexity index is 671. The van der Waals surface area contributed by atoms with Crippen LogP contribution < -0.4 is 0 Å². The van der Waals surface area contributed by atoms with Crippen LogP contribution in [0.1, 0.15) is 65.7 Å². The van der Waals surface area contributed by atoms with E-state index in [4.69, 9.17) is 4.74 Å². The maximum atomic E-state index is 13.0. The number of aromatic amines is 1. The number of ketones is 1. The van der Waals surface area contributed by atoms with Gasteiger partial charge in [-0.15, -0.1) is 0 Å². The molecule has 1 saturated carbocycles. The summed E-state index contributed by atoms with van der Waals surface area (Å²) in [4.78, 5) is 42.0. The number of nitrogens with zero attached hydrogens (tertiary/aromatic N) is 1. The number of carbonyl (C=O) groups is 3. The number of ether oxygens (including phenoxy) is 1. The lowest BCUT2D eigenvalue weighted by Gasteiger charge is -2.32. The number of amides is 1. The molecular weight excluding hydrogens is 308 g/mol. The van der Waals surface area contributed by atoms with Crippen molar-refractivity contribution in [3.05, 3.63) is 22.5 Å². The number of hydrogen-bond donors (Lipinski definition) is 1. The molecule has 0 bridgehead atoms. The summed E-state index contributed by atoms with van der Waals surface area (Å²) in [5, 5.41) is 0. The number of Topliss-reactive ketones (excluding diaryl/α,β-unsaturated/α-hetero) is 1. The number of esters is 1. The highest BCUT2D eigenvalue weighted by atomic mass is 16.5. The highest BCUT2D eigenvalue weighted by Gasteiger charge is 2.39. The lowest BCUT2D eigenvalue weighted by molar-refractivity contribution is -0.135. The van der Waals surface area contributed by atoms with Crippen molar-refractivity contribution in [1.82, 2.24) is 9.88 Å². The molecule has 0 saturated heterocycles. The van der Waals surface area contributed by atoms with Crippen LogP contribution in [0, 0.1) is 19.8 Å².